The number of hydroxylamine groups is 1. The van der Waals surface area contributed by atoms with Crippen molar-refractivity contribution in [2.45, 2.75) is 32.5 Å². The number of aromatic nitrogens is 2. The number of carbonyl (C=O) groups is 2. The summed E-state index contributed by atoms with van der Waals surface area (Å²) in [6.07, 6.45) is -0.989. The topological polar surface area (TPSA) is 162 Å². The van der Waals surface area contributed by atoms with Gasteiger partial charge in [-0.25, -0.2) is 19.6 Å². The second kappa shape index (κ2) is 12.3. The lowest BCUT2D eigenvalue weighted by atomic mass is 10.1. The lowest BCUT2D eigenvalue weighted by molar-refractivity contribution is -0.0856. The lowest BCUT2D eigenvalue weighted by Crippen LogP contribution is -2.49. The number of amides is 2. The molecule has 1 unspecified atom stereocenters. The SMILES string of the molecule is CC(C)(C)OC(=O)N1CCOC(CONC(=O)c2c(N)nc(-c3cccc(C#N)c3)nc2OCCF)C1. The zero-order valence-corrected chi connectivity index (χ0v) is 20.8. The molecule has 2 heterocycles. The highest BCUT2D eigenvalue weighted by atomic mass is 19.1. The normalized spacial score (nSPS) is 15.5. The van der Waals surface area contributed by atoms with Crippen molar-refractivity contribution in [3.63, 3.8) is 0 Å². The standard InChI is InChI=1S/C24H29FN6O6/c1-24(2,3)37-23(33)31-8-10-34-17(13-31)14-36-30-21(32)18-19(27)28-20(29-22(18)35-9-7-25)16-6-4-5-15(11-16)12-26/h4-6,11,17H,7-10,13-14H2,1-3H3,(H,30,32)(H2,27,28,29). The number of alkyl halides is 1. The van der Waals surface area contributed by atoms with E-state index in [1.807, 2.05) is 6.07 Å². The highest BCUT2D eigenvalue weighted by Gasteiger charge is 2.29. The van der Waals surface area contributed by atoms with Crippen LogP contribution in [0.4, 0.5) is 15.0 Å². The van der Waals surface area contributed by atoms with E-state index < -0.39 is 30.4 Å². The van der Waals surface area contributed by atoms with E-state index in [1.165, 1.54) is 4.90 Å². The Hall–Kier alpha value is -4.02. The molecule has 0 bridgehead atoms. The van der Waals surface area contributed by atoms with E-state index in [-0.39, 0.29) is 49.5 Å². The molecule has 3 N–H and O–H groups in total. The van der Waals surface area contributed by atoms with Gasteiger partial charge in [0.1, 0.15) is 43.0 Å². The van der Waals surface area contributed by atoms with Crippen molar-refractivity contribution in [2.24, 2.45) is 0 Å². The van der Waals surface area contributed by atoms with Gasteiger partial charge in [0.15, 0.2) is 5.82 Å². The van der Waals surface area contributed by atoms with Crippen molar-refractivity contribution in [1.29, 1.82) is 5.26 Å². The fourth-order valence-electron chi connectivity index (χ4n) is 3.33. The number of rotatable bonds is 8. The summed E-state index contributed by atoms with van der Waals surface area (Å²) < 4.78 is 29.1. The molecule has 198 valence electrons. The fourth-order valence-corrected chi connectivity index (χ4v) is 3.33. The number of nitrogens with zero attached hydrogens (tertiary/aromatic N) is 4. The number of carbonyl (C=O) groups excluding carboxylic acids is 2. The summed E-state index contributed by atoms with van der Waals surface area (Å²) in [7, 11) is 0. The fraction of sp³-hybridized carbons (Fsp3) is 0.458. The number of nitrogens with two attached hydrogens (primary N) is 1. The van der Waals surface area contributed by atoms with Crippen LogP contribution in [0.5, 0.6) is 5.88 Å². The third kappa shape index (κ3) is 7.73. The zero-order valence-electron chi connectivity index (χ0n) is 20.8. The predicted octanol–water partition coefficient (Wildman–Crippen LogP) is 2.24. The molecule has 1 atom stereocenters. The molecule has 0 spiro atoms. The Labute approximate surface area is 213 Å². The Morgan fingerprint density at radius 2 is 2.14 bits per heavy atom. The van der Waals surface area contributed by atoms with Crippen molar-refractivity contribution < 1.29 is 33.0 Å². The van der Waals surface area contributed by atoms with Crippen molar-refractivity contribution in [3.8, 4) is 23.3 Å². The van der Waals surface area contributed by atoms with Gasteiger partial charge in [-0.1, -0.05) is 12.1 Å². The Bertz CT molecular complexity index is 1170. The summed E-state index contributed by atoms with van der Waals surface area (Å²) in [5, 5.41) is 9.13. The van der Waals surface area contributed by atoms with Crippen LogP contribution < -0.4 is 16.0 Å². The summed E-state index contributed by atoms with van der Waals surface area (Å²) in [5.41, 5.74) is 8.22. The third-order valence-electron chi connectivity index (χ3n) is 4.92. The van der Waals surface area contributed by atoms with Crippen LogP contribution in [0, 0.1) is 11.3 Å². The van der Waals surface area contributed by atoms with Gasteiger partial charge in [-0.3, -0.25) is 9.63 Å². The summed E-state index contributed by atoms with van der Waals surface area (Å²) in [6.45, 7) is 4.90. The molecule has 3 rings (SSSR count). The van der Waals surface area contributed by atoms with E-state index in [9.17, 15) is 14.0 Å². The van der Waals surface area contributed by atoms with Gasteiger partial charge < -0.3 is 24.8 Å². The molecule has 2 aromatic rings. The molecule has 1 fully saturated rings. The maximum absolute atomic E-state index is 12.8. The predicted molar refractivity (Wildman–Crippen MR) is 129 cm³/mol. The van der Waals surface area contributed by atoms with Gasteiger partial charge in [-0.05, 0) is 32.9 Å². The number of hydrogen-bond donors (Lipinski definition) is 2. The highest BCUT2D eigenvalue weighted by Crippen LogP contribution is 2.26. The maximum atomic E-state index is 12.8. The molecule has 13 heteroatoms. The molecule has 1 aliphatic rings. The van der Waals surface area contributed by atoms with E-state index in [0.717, 1.165) is 0 Å². The van der Waals surface area contributed by atoms with Gasteiger partial charge in [0.25, 0.3) is 5.91 Å². The Balaban J connectivity index is 1.67. The monoisotopic (exact) mass is 516 g/mol. The van der Waals surface area contributed by atoms with E-state index in [4.69, 9.17) is 30.0 Å². The third-order valence-corrected chi connectivity index (χ3v) is 4.92. The first-order chi connectivity index (χ1) is 17.6. The number of halogens is 1. The van der Waals surface area contributed by atoms with E-state index in [0.29, 0.717) is 17.7 Å². The van der Waals surface area contributed by atoms with Crippen molar-refractivity contribution >= 4 is 17.8 Å². The van der Waals surface area contributed by atoms with Crippen LogP contribution >= 0.6 is 0 Å². The van der Waals surface area contributed by atoms with Crippen LogP contribution in [0.25, 0.3) is 11.4 Å². The molecule has 1 aromatic heterocycles. The van der Waals surface area contributed by atoms with Crippen molar-refractivity contribution in [2.75, 3.05) is 45.3 Å². The highest BCUT2D eigenvalue weighted by molar-refractivity contribution is 6.00. The minimum atomic E-state index is -0.826. The first kappa shape index (κ1) is 27.6. The van der Waals surface area contributed by atoms with Gasteiger partial charge in [-0.2, -0.15) is 10.2 Å². The van der Waals surface area contributed by atoms with E-state index in [1.54, 1.807) is 45.0 Å². The minimum absolute atomic E-state index is 0.0779. The largest absolute Gasteiger partial charge is 0.474 e. The summed E-state index contributed by atoms with van der Waals surface area (Å²) >= 11 is 0. The average Bonchev–Trinajstić information content (AvgIpc) is 2.86. The van der Waals surface area contributed by atoms with Gasteiger partial charge >= 0.3 is 6.09 Å². The molecular formula is C24H29FN6O6. The van der Waals surface area contributed by atoms with Crippen molar-refractivity contribution in [3.05, 3.63) is 35.4 Å². The Morgan fingerprint density at radius 3 is 2.84 bits per heavy atom. The van der Waals surface area contributed by atoms with E-state index in [2.05, 4.69) is 15.4 Å². The molecular weight excluding hydrogens is 487 g/mol. The summed E-state index contributed by atoms with van der Waals surface area (Å²) in [4.78, 5) is 40.3. The zero-order chi connectivity index (χ0) is 27.0. The van der Waals surface area contributed by atoms with Crippen LogP contribution in [0.3, 0.4) is 0 Å². The number of benzene rings is 1. The Kier molecular flexibility index (Phi) is 9.15. The molecule has 0 radical (unpaired) electrons. The van der Waals surface area contributed by atoms with Crippen molar-refractivity contribution in [1.82, 2.24) is 20.3 Å². The number of morpholine rings is 1. The van der Waals surface area contributed by atoms with Gasteiger partial charge in [0.05, 0.1) is 24.8 Å². The van der Waals surface area contributed by atoms with Gasteiger partial charge in [0.2, 0.25) is 5.88 Å². The average molecular weight is 517 g/mol. The van der Waals surface area contributed by atoms with Crippen LogP contribution in [-0.4, -0.2) is 78.2 Å². The summed E-state index contributed by atoms with van der Waals surface area (Å²) in [5.74, 6) is -1.19. The Morgan fingerprint density at radius 1 is 1.35 bits per heavy atom. The van der Waals surface area contributed by atoms with Crippen LogP contribution in [0.2, 0.25) is 0 Å². The lowest BCUT2D eigenvalue weighted by Gasteiger charge is -2.33. The number of hydrogen-bond acceptors (Lipinski definition) is 10. The molecule has 1 aromatic carbocycles. The van der Waals surface area contributed by atoms with Crippen LogP contribution in [-0.2, 0) is 14.3 Å². The molecule has 0 saturated carbocycles. The van der Waals surface area contributed by atoms with Crippen LogP contribution in [0.1, 0.15) is 36.7 Å². The minimum Gasteiger partial charge on any atom is -0.474 e. The number of nitrogens with one attached hydrogen (secondary N) is 1. The number of ether oxygens (including phenoxy) is 3. The summed E-state index contributed by atoms with van der Waals surface area (Å²) in [6, 6.07) is 8.46. The maximum Gasteiger partial charge on any atom is 0.410 e. The molecule has 1 saturated heterocycles. The van der Waals surface area contributed by atoms with Gasteiger partial charge in [-0.15, -0.1) is 0 Å². The molecule has 37 heavy (non-hydrogen) atoms. The quantitative estimate of drug-likeness (QED) is 0.498. The van der Waals surface area contributed by atoms with E-state index >= 15 is 0 Å². The molecule has 12 nitrogen and oxygen atoms in total. The second-order valence-electron chi connectivity index (χ2n) is 9.00. The van der Waals surface area contributed by atoms with Gasteiger partial charge in [0, 0.05) is 12.1 Å². The second-order valence-corrected chi connectivity index (χ2v) is 9.00. The first-order valence-electron chi connectivity index (χ1n) is 11.5. The smallest absolute Gasteiger partial charge is 0.410 e. The first-order valence-corrected chi connectivity index (χ1v) is 11.5. The molecule has 1 aliphatic heterocycles. The number of nitriles is 1. The molecule has 0 aliphatic carbocycles. The number of anilines is 1. The van der Waals surface area contributed by atoms with Crippen LogP contribution in [0.15, 0.2) is 24.3 Å². The molecule has 2 amide bonds. The number of nitrogen functional groups attached to an aromatic ring is 1.